The second-order valence-corrected chi connectivity index (χ2v) is 6.54. The highest BCUT2D eigenvalue weighted by molar-refractivity contribution is 5.77. The van der Waals surface area contributed by atoms with E-state index < -0.39 is 0 Å². The summed E-state index contributed by atoms with van der Waals surface area (Å²) in [6.07, 6.45) is 9.32. The number of piperidine rings is 1. The number of carbonyl (C=O) groups is 1. The fourth-order valence-electron chi connectivity index (χ4n) is 3.17. The van der Waals surface area contributed by atoms with Gasteiger partial charge in [-0.05, 0) is 32.3 Å². The smallest absolute Gasteiger partial charge is 0.220 e. The first-order chi connectivity index (χ1) is 11.7. The molecule has 0 spiro atoms. The van der Waals surface area contributed by atoms with Crippen molar-refractivity contribution in [2.75, 3.05) is 5.32 Å². The normalized spacial score (nSPS) is 23.8. The molecule has 2 N–H and O–H groups in total. The van der Waals surface area contributed by atoms with Crippen LogP contribution in [0.2, 0.25) is 0 Å². The summed E-state index contributed by atoms with van der Waals surface area (Å²) < 4.78 is 1.88. The number of nitrogens with zero attached hydrogens (tertiary/aromatic N) is 4. The predicted molar refractivity (Wildman–Crippen MR) is 89.4 cm³/mol. The molecule has 0 radical (unpaired) electrons. The van der Waals surface area contributed by atoms with Gasteiger partial charge in [-0.1, -0.05) is 0 Å². The molecule has 24 heavy (non-hydrogen) atoms. The number of nitrogens with one attached hydrogen (secondary N) is 2. The van der Waals surface area contributed by atoms with Gasteiger partial charge in [-0.25, -0.2) is 9.97 Å². The van der Waals surface area contributed by atoms with E-state index in [0.29, 0.717) is 12.3 Å². The number of hydrogen-bond acceptors (Lipinski definition) is 5. The highest BCUT2D eigenvalue weighted by Crippen LogP contribution is 2.38. The van der Waals surface area contributed by atoms with Crippen molar-refractivity contribution in [1.82, 2.24) is 25.1 Å². The van der Waals surface area contributed by atoms with Crippen molar-refractivity contribution in [3.8, 4) is 0 Å². The standard InChI is InChI=1S/C17H22N6O/c1-2-23-10-12(9-19-23)16-13(5-6-15(24)22-16)20-14-7-8-18-17(21-14)11-3-4-11/h7-11,13,16H,2-6H2,1H3,(H,22,24)(H,18,20,21)/t13-,16+/m1/s1. The van der Waals surface area contributed by atoms with Gasteiger partial charge in [0.15, 0.2) is 0 Å². The largest absolute Gasteiger partial charge is 0.365 e. The quantitative estimate of drug-likeness (QED) is 0.878. The van der Waals surface area contributed by atoms with Crippen LogP contribution in [0.1, 0.15) is 56.0 Å². The molecule has 1 aliphatic carbocycles. The van der Waals surface area contributed by atoms with Crippen LogP contribution < -0.4 is 10.6 Å². The zero-order valence-electron chi connectivity index (χ0n) is 13.8. The van der Waals surface area contributed by atoms with E-state index in [0.717, 1.165) is 30.2 Å². The van der Waals surface area contributed by atoms with Gasteiger partial charge >= 0.3 is 0 Å². The van der Waals surface area contributed by atoms with Crippen molar-refractivity contribution in [3.05, 3.63) is 36.0 Å². The lowest BCUT2D eigenvalue weighted by molar-refractivity contribution is -0.123. The Morgan fingerprint density at radius 3 is 3.00 bits per heavy atom. The molecule has 2 aromatic heterocycles. The van der Waals surface area contributed by atoms with Crippen molar-refractivity contribution in [2.24, 2.45) is 0 Å². The number of aromatic nitrogens is 4. The minimum atomic E-state index is -0.0918. The van der Waals surface area contributed by atoms with Gasteiger partial charge in [-0.15, -0.1) is 0 Å². The van der Waals surface area contributed by atoms with Gasteiger partial charge in [-0.2, -0.15) is 5.10 Å². The van der Waals surface area contributed by atoms with E-state index in [9.17, 15) is 4.79 Å². The summed E-state index contributed by atoms with van der Waals surface area (Å²) in [6, 6.07) is 1.90. The summed E-state index contributed by atoms with van der Waals surface area (Å²) in [4.78, 5) is 20.9. The molecule has 1 aliphatic heterocycles. The maximum atomic E-state index is 11.9. The Balaban J connectivity index is 1.54. The summed E-state index contributed by atoms with van der Waals surface area (Å²) in [6.45, 7) is 2.86. The van der Waals surface area contributed by atoms with Gasteiger partial charge in [-0.3, -0.25) is 9.48 Å². The number of aryl methyl sites for hydroxylation is 1. The Kier molecular flexibility index (Phi) is 3.92. The van der Waals surface area contributed by atoms with Crippen LogP contribution in [-0.2, 0) is 11.3 Å². The fourth-order valence-corrected chi connectivity index (χ4v) is 3.17. The lowest BCUT2D eigenvalue weighted by Crippen LogP contribution is -2.45. The third-order valence-electron chi connectivity index (χ3n) is 4.69. The summed E-state index contributed by atoms with van der Waals surface area (Å²) >= 11 is 0. The molecule has 1 saturated carbocycles. The Labute approximate surface area is 140 Å². The summed E-state index contributed by atoms with van der Waals surface area (Å²) in [5.74, 6) is 2.37. The van der Waals surface area contributed by atoms with Crippen LogP contribution in [-0.4, -0.2) is 31.7 Å². The van der Waals surface area contributed by atoms with E-state index in [1.165, 1.54) is 12.8 Å². The molecule has 0 bridgehead atoms. The number of hydrogen-bond donors (Lipinski definition) is 2. The van der Waals surface area contributed by atoms with Crippen LogP contribution in [0.3, 0.4) is 0 Å². The van der Waals surface area contributed by atoms with Crippen molar-refractivity contribution in [2.45, 2.75) is 57.2 Å². The molecule has 7 nitrogen and oxygen atoms in total. The zero-order valence-corrected chi connectivity index (χ0v) is 13.8. The van der Waals surface area contributed by atoms with Gasteiger partial charge in [0, 0.05) is 36.8 Å². The molecule has 2 aromatic rings. The van der Waals surface area contributed by atoms with Gasteiger partial charge in [0.1, 0.15) is 11.6 Å². The molecule has 2 aliphatic rings. The highest BCUT2D eigenvalue weighted by Gasteiger charge is 2.32. The molecule has 3 heterocycles. The number of carbonyl (C=O) groups excluding carboxylic acids is 1. The maximum absolute atomic E-state index is 11.9. The lowest BCUT2D eigenvalue weighted by Gasteiger charge is -2.32. The SMILES string of the molecule is CCn1cc([C@@H]2NC(=O)CC[C@H]2Nc2ccnc(C3CC3)n2)cn1. The van der Waals surface area contributed by atoms with E-state index >= 15 is 0 Å². The first-order valence-corrected chi connectivity index (χ1v) is 8.64. The highest BCUT2D eigenvalue weighted by atomic mass is 16.1. The predicted octanol–water partition coefficient (Wildman–Crippen LogP) is 2.00. The molecule has 7 heteroatoms. The van der Waals surface area contributed by atoms with Crippen LogP contribution in [0.5, 0.6) is 0 Å². The average molecular weight is 326 g/mol. The van der Waals surface area contributed by atoms with Crippen LogP contribution in [0.25, 0.3) is 0 Å². The molecule has 1 saturated heterocycles. The summed E-state index contributed by atoms with van der Waals surface area (Å²) in [7, 11) is 0. The lowest BCUT2D eigenvalue weighted by atomic mass is 9.94. The molecule has 2 fully saturated rings. The van der Waals surface area contributed by atoms with Crippen molar-refractivity contribution >= 4 is 11.7 Å². The third-order valence-corrected chi connectivity index (χ3v) is 4.69. The van der Waals surface area contributed by atoms with E-state index in [-0.39, 0.29) is 18.0 Å². The molecule has 0 aromatic carbocycles. The Morgan fingerprint density at radius 1 is 1.38 bits per heavy atom. The van der Waals surface area contributed by atoms with Crippen molar-refractivity contribution < 1.29 is 4.79 Å². The van der Waals surface area contributed by atoms with E-state index in [2.05, 4.69) is 25.7 Å². The van der Waals surface area contributed by atoms with Crippen LogP contribution in [0, 0.1) is 0 Å². The average Bonchev–Trinajstić information content (AvgIpc) is 3.34. The van der Waals surface area contributed by atoms with Gasteiger partial charge in [0.2, 0.25) is 5.91 Å². The van der Waals surface area contributed by atoms with Crippen LogP contribution >= 0.6 is 0 Å². The molecule has 1 amide bonds. The van der Waals surface area contributed by atoms with Gasteiger partial charge in [0.05, 0.1) is 18.3 Å². The minimum Gasteiger partial charge on any atom is -0.365 e. The first-order valence-electron chi connectivity index (χ1n) is 8.64. The zero-order chi connectivity index (χ0) is 16.5. The molecule has 0 unspecified atom stereocenters. The second-order valence-electron chi connectivity index (χ2n) is 6.54. The van der Waals surface area contributed by atoms with Gasteiger partial charge < -0.3 is 10.6 Å². The van der Waals surface area contributed by atoms with Crippen LogP contribution in [0.15, 0.2) is 24.7 Å². The molecule has 4 rings (SSSR count). The summed E-state index contributed by atoms with van der Waals surface area (Å²) in [5.41, 5.74) is 1.03. The molecular weight excluding hydrogens is 304 g/mol. The first kappa shape index (κ1) is 15.1. The Morgan fingerprint density at radius 2 is 2.25 bits per heavy atom. The maximum Gasteiger partial charge on any atom is 0.220 e. The number of rotatable bonds is 5. The van der Waals surface area contributed by atoms with Gasteiger partial charge in [0.25, 0.3) is 0 Å². The summed E-state index contributed by atoms with van der Waals surface area (Å²) in [5, 5.41) is 10.9. The fraction of sp³-hybridized carbons (Fsp3) is 0.529. The minimum absolute atomic E-state index is 0.0867. The molecule has 126 valence electrons. The topological polar surface area (TPSA) is 84.7 Å². The Hall–Kier alpha value is -2.44. The van der Waals surface area contributed by atoms with E-state index in [1.54, 1.807) is 0 Å². The third kappa shape index (κ3) is 3.11. The molecular formula is C17H22N6O. The Bertz CT molecular complexity index is 738. The second kappa shape index (κ2) is 6.22. The van der Waals surface area contributed by atoms with E-state index in [4.69, 9.17) is 0 Å². The van der Waals surface area contributed by atoms with E-state index in [1.807, 2.05) is 36.3 Å². The van der Waals surface area contributed by atoms with Crippen molar-refractivity contribution in [3.63, 3.8) is 0 Å². The number of anilines is 1. The van der Waals surface area contributed by atoms with Crippen LogP contribution in [0.4, 0.5) is 5.82 Å². The number of amides is 1. The monoisotopic (exact) mass is 326 g/mol. The molecule has 2 atom stereocenters. The van der Waals surface area contributed by atoms with Crippen molar-refractivity contribution in [1.29, 1.82) is 0 Å².